The molecule has 0 aliphatic heterocycles. The molecule has 0 saturated carbocycles. The summed E-state index contributed by atoms with van der Waals surface area (Å²) < 4.78 is 5.07. The lowest BCUT2D eigenvalue weighted by atomic mass is 9.79. The van der Waals surface area contributed by atoms with E-state index in [1.54, 1.807) is 0 Å². The molecule has 0 bridgehead atoms. The van der Waals surface area contributed by atoms with E-state index in [0.717, 1.165) is 25.7 Å². The van der Waals surface area contributed by atoms with Gasteiger partial charge in [-0.2, -0.15) is 0 Å². The zero-order valence-corrected chi connectivity index (χ0v) is 12.3. The van der Waals surface area contributed by atoms with Gasteiger partial charge in [0.05, 0.1) is 18.9 Å². The lowest BCUT2D eigenvalue weighted by molar-refractivity contribution is -0.155. The van der Waals surface area contributed by atoms with E-state index in [4.69, 9.17) is 9.84 Å². The molecule has 0 heterocycles. The molecule has 0 aromatic carbocycles. The summed E-state index contributed by atoms with van der Waals surface area (Å²) >= 11 is 0. The van der Waals surface area contributed by atoms with Crippen LogP contribution in [-0.2, 0) is 14.3 Å². The number of carbonyl (C=O) groups excluding carboxylic acids is 1. The van der Waals surface area contributed by atoms with Crippen molar-refractivity contribution in [1.29, 1.82) is 0 Å². The van der Waals surface area contributed by atoms with E-state index in [1.807, 2.05) is 26.8 Å². The maximum Gasteiger partial charge on any atom is 0.307 e. The molecule has 0 spiro atoms. The number of unbranched alkanes of at least 4 members (excludes halogenated alkanes) is 3. The summed E-state index contributed by atoms with van der Waals surface area (Å²) in [6, 6.07) is 0. The van der Waals surface area contributed by atoms with Gasteiger partial charge in [0.1, 0.15) is 0 Å². The Morgan fingerprint density at radius 2 is 1.89 bits per heavy atom. The second kappa shape index (κ2) is 8.73. The number of carboxylic acids is 1. The van der Waals surface area contributed by atoms with Crippen molar-refractivity contribution in [2.24, 2.45) is 11.3 Å². The fourth-order valence-corrected chi connectivity index (χ4v) is 1.74. The zero-order chi connectivity index (χ0) is 14.9. The van der Waals surface area contributed by atoms with Crippen molar-refractivity contribution in [2.45, 2.75) is 52.9 Å². The summed E-state index contributed by atoms with van der Waals surface area (Å²) in [6.45, 7) is 9.45. The standard InChI is InChI=1S/C15H26O4/c1-5-6-7-8-9-10-19-13(16)11-12(14(17)18)15(2,3)4/h5,12H,1,6-11H2,2-4H3,(H,17,18)/t12-/m1/s1. The highest BCUT2D eigenvalue weighted by Gasteiger charge is 2.33. The van der Waals surface area contributed by atoms with E-state index in [-0.39, 0.29) is 6.42 Å². The van der Waals surface area contributed by atoms with Crippen molar-refractivity contribution < 1.29 is 19.4 Å². The molecule has 0 radical (unpaired) electrons. The average molecular weight is 270 g/mol. The average Bonchev–Trinajstić information content (AvgIpc) is 2.28. The van der Waals surface area contributed by atoms with Gasteiger partial charge in [-0.25, -0.2) is 0 Å². The van der Waals surface area contributed by atoms with Gasteiger partial charge < -0.3 is 9.84 Å². The topological polar surface area (TPSA) is 63.6 Å². The zero-order valence-electron chi connectivity index (χ0n) is 12.3. The SMILES string of the molecule is C=CCCCCCOC(=O)C[C@H](C(=O)O)C(C)(C)C. The molecule has 0 aliphatic carbocycles. The van der Waals surface area contributed by atoms with Crippen LogP contribution in [0.5, 0.6) is 0 Å². The Labute approximate surface area is 115 Å². The van der Waals surface area contributed by atoms with Crippen molar-refractivity contribution in [3.63, 3.8) is 0 Å². The highest BCUT2D eigenvalue weighted by atomic mass is 16.5. The van der Waals surface area contributed by atoms with Crippen LogP contribution in [0.4, 0.5) is 0 Å². The molecule has 19 heavy (non-hydrogen) atoms. The second-order valence-corrected chi connectivity index (χ2v) is 5.82. The Hall–Kier alpha value is -1.32. The lowest BCUT2D eigenvalue weighted by Crippen LogP contribution is -2.31. The fraction of sp³-hybridized carbons (Fsp3) is 0.733. The molecule has 110 valence electrons. The molecule has 4 heteroatoms. The number of hydrogen-bond acceptors (Lipinski definition) is 3. The first-order chi connectivity index (χ1) is 8.79. The number of hydrogen-bond donors (Lipinski definition) is 1. The number of rotatable bonds is 9. The van der Waals surface area contributed by atoms with Crippen LogP contribution in [0.1, 0.15) is 52.9 Å². The highest BCUT2D eigenvalue weighted by Crippen LogP contribution is 2.29. The second-order valence-electron chi connectivity index (χ2n) is 5.82. The Balaban J connectivity index is 3.95. The van der Waals surface area contributed by atoms with Gasteiger partial charge in [-0.15, -0.1) is 6.58 Å². The van der Waals surface area contributed by atoms with E-state index in [9.17, 15) is 9.59 Å². The summed E-state index contributed by atoms with van der Waals surface area (Å²) in [7, 11) is 0. The fourth-order valence-electron chi connectivity index (χ4n) is 1.74. The summed E-state index contributed by atoms with van der Waals surface area (Å²) in [5.41, 5.74) is -0.450. The maximum atomic E-state index is 11.6. The van der Waals surface area contributed by atoms with Gasteiger partial charge in [0, 0.05) is 0 Å². The molecule has 0 rings (SSSR count). The molecule has 0 amide bonds. The monoisotopic (exact) mass is 270 g/mol. The van der Waals surface area contributed by atoms with Crippen LogP contribution in [0.2, 0.25) is 0 Å². The Bertz CT molecular complexity index is 302. The van der Waals surface area contributed by atoms with Crippen molar-refractivity contribution in [1.82, 2.24) is 0 Å². The van der Waals surface area contributed by atoms with E-state index in [1.165, 1.54) is 0 Å². The summed E-state index contributed by atoms with van der Waals surface area (Å²) in [6.07, 6.45) is 5.62. The number of allylic oxidation sites excluding steroid dienone is 1. The van der Waals surface area contributed by atoms with Crippen molar-refractivity contribution >= 4 is 11.9 Å². The number of carboxylic acid groups (broad SMARTS) is 1. The smallest absolute Gasteiger partial charge is 0.307 e. The van der Waals surface area contributed by atoms with Crippen molar-refractivity contribution in [3.8, 4) is 0 Å². The van der Waals surface area contributed by atoms with E-state index in [0.29, 0.717) is 6.61 Å². The molecule has 0 unspecified atom stereocenters. The van der Waals surface area contributed by atoms with Gasteiger partial charge in [-0.1, -0.05) is 26.8 Å². The number of ether oxygens (including phenoxy) is 1. The quantitative estimate of drug-likeness (QED) is 0.396. The summed E-state index contributed by atoms with van der Waals surface area (Å²) in [4.78, 5) is 22.7. The molecule has 0 fully saturated rings. The van der Waals surface area contributed by atoms with Gasteiger partial charge in [0.2, 0.25) is 0 Å². The van der Waals surface area contributed by atoms with Gasteiger partial charge in [-0.3, -0.25) is 9.59 Å². The molecular formula is C15H26O4. The number of carbonyl (C=O) groups is 2. The molecule has 0 aromatic rings. The van der Waals surface area contributed by atoms with Gasteiger partial charge in [-0.05, 0) is 31.1 Å². The normalized spacial score (nSPS) is 12.8. The minimum atomic E-state index is -0.949. The predicted molar refractivity (Wildman–Crippen MR) is 74.8 cm³/mol. The third-order valence-electron chi connectivity index (χ3n) is 3.03. The summed E-state index contributed by atoms with van der Waals surface area (Å²) in [5.74, 6) is -2.08. The summed E-state index contributed by atoms with van der Waals surface area (Å²) in [5, 5.41) is 9.11. The minimum absolute atomic E-state index is 0.0640. The molecule has 0 saturated heterocycles. The predicted octanol–water partition coefficient (Wildman–Crippen LogP) is 3.41. The van der Waals surface area contributed by atoms with Crippen LogP contribution in [0.25, 0.3) is 0 Å². The van der Waals surface area contributed by atoms with Crippen molar-refractivity contribution in [3.05, 3.63) is 12.7 Å². The largest absolute Gasteiger partial charge is 0.481 e. The van der Waals surface area contributed by atoms with Crippen LogP contribution in [-0.4, -0.2) is 23.7 Å². The van der Waals surface area contributed by atoms with Crippen LogP contribution in [0.3, 0.4) is 0 Å². The van der Waals surface area contributed by atoms with Gasteiger partial charge in [0.15, 0.2) is 0 Å². The molecule has 0 aromatic heterocycles. The Kier molecular flexibility index (Phi) is 8.12. The Morgan fingerprint density at radius 3 is 2.37 bits per heavy atom. The van der Waals surface area contributed by atoms with Crippen LogP contribution in [0, 0.1) is 11.3 Å². The Morgan fingerprint density at radius 1 is 1.26 bits per heavy atom. The van der Waals surface area contributed by atoms with Crippen LogP contribution < -0.4 is 0 Å². The molecular weight excluding hydrogens is 244 g/mol. The van der Waals surface area contributed by atoms with E-state index >= 15 is 0 Å². The first kappa shape index (κ1) is 17.7. The first-order valence-corrected chi connectivity index (χ1v) is 6.78. The number of esters is 1. The third-order valence-corrected chi connectivity index (χ3v) is 3.03. The minimum Gasteiger partial charge on any atom is -0.481 e. The first-order valence-electron chi connectivity index (χ1n) is 6.78. The molecule has 1 atom stereocenters. The van der Waals surface area contributed by atoms with E-state index < -0.39 is 23.3 Å². The van der Waals surface area contributed by atoms with Gasteiger partial charge in [0.25, 0.3) is 0 Å². The third kappa shape index (κ3) is 8.41. The highest BCUT2D eigenvalue weighted by molar-refractivity contribution is 5.79. The molecule has 1 N–H and O–H groups in total. The molecule has 0 aliphatic rings. The van der Waals surface area contributed by atoms with Gasteiger partial charge >= 0.3 is 11.9 Å². The molecule has 4 nitrogen and oxygen atoms in total. The lowest BCUT2D eigenvalue weighted by Gasteiger charge is -2.26. The van der Waals surface area contributed by atoms with E-state index in [2.05, 4.69) is 6.58 Å². The van der Waals surface area contributed by atoms with Crippen LogP contribution >= 0.6 is 0 Å². The maximum absolute atomic E-state index is 11.6. The number of aliphatic carboxylic acids is 1. The van der Waals surface area contributed by atoms with Crippen molar-refractivity contribution in [2.75, 3.05) is 6.61 Å². The van der Waals surface area contributed by atoms with Crippen LogP contribution in [0.15, 0.2) is 12.7 Å².